The minimum absolute atomic E-state index is 0.0206. The summed E-state index contributed by atoms with van der Waals surface area (Å²) in [6, 6.07) is 15.4. The van der Waals surface area contributed by atoms with Gasteiger partial charge in [0.2, 0.25) is 5.91 Å². The second-order valence-electron chi connectivity index (χ2n) is 5.89. The SMILES string of the molecule is Cc1cccc(CNC(=O)CCc2ncc(-c3ccc(Cl)cc3)o2)c1. The molecule has 25 heavy (non-hydrogen) atoms. The number of amides is 1. The fraction of sp³-hybridized carbons (Fsp3) is 0.200. The van der Waals surface area contributed by atoms with Gasteiger partial charge in [0.1, 0.15) is 0 Å². The maximum absolute atomic E-state index is 12.0. The van der Waals surface area contributed by atoms with E-state index >= 15 is 0 Å². The quantitative estimate of drug-likeness (QED) is 0.706. The number of hydrogen-bond donors (Lipinski definition) is 1. The number of hydrogen-bond acceptors (Lipinski definition) is 3. The molecule has 5 heteroatoms. The predicted octanol–water partition coefficient (Wildman–Crippen LogP) is 4.55. The Morgan fingerprint density at radius 1 is 1.20 bits per heavy atom. The summed E-state index contributed by atoms with van der Waals surface area (Å²) < 4.78 is 5.70. The number of rotatable bonds is 6. The van der Waals surface area contributed by atoms with Crippen molar-refractivity contribution in [2.24, 2.45) is 0 Å². The van der Waals surface area contributed by atoms with E-state index in [1.54, 1.807) is 18.3 Å². The van der Waals surface area contributed by atoms with Gasteiger partial charge < -0.3 is 9.73 Å². The number of halogens is 1. The standard InChI is InChI=1S/C20H19ClN2O2/c1-14-3-2-4-15(11-14)12-22-19(24)9-10-20-23-13-18(25-20)16-5-7-17(21)8-6-16/h2-8,11,13H,9-10,12H2,1H3,(H,22,24). The molecule has 0 saturated heterocycles. The predicted molar refractivity (Wildman–Crippen MR) is 98.3 cm³/mol. The smallest absolute Gasteiger partial charge is 0.220 e. The number of benzene rings is 2. The van der Waals surface area contributed by atoms with E-state index in [9.17, 15) is 4.79 Å². The number of nitrogens with zero attached hydrogens (tertiary/aromatic N) is 1. The maximum atomic E-state index is 12.0. The lowest BCUT2D eigenvalue weighted by molar-refractivity contribution is -0.121. The van der Waals surface area contributed by atoms with E-state index < -0.39 is 0 Å². The van der Waals surface area contributed by atoms with Gasteiger partial charge in [-0.05, 0) is 36.8 Å². The molecule has 1 N–H and O–H groups in total. The first-order valence-electron chi connectivity index (χ1n) is 8.13. The summed E-state index contributed by atoms with van der Waals surface area (Å²) in [5, 5.41) is 3.59. The Hall–Kier alpha value is -2.59. The molecule has 2 aromatic carbocycles. The summed E-state index contributed by atoms with van der Waals surface area (Å²) in [7, 11) is 0. The molecule has 0 radical (unpaired) electrons. The Labute approximate surface area is 151 Å². The Kier molecular flexibility index (Phi) is 5.51. The molecule has 1 aromatic heterocycles. The molecule has 0 aliphatic rings. The summed E-state index contributed by atoms with van der Waals surface area (Å²) >= 11 is 5.88. The summed E-state index contributed by atoms with van der Waals surface area (Å²) in [5.74, 6) is 1.20. The number of carbonyl (C=O) groups excluding carboxylic acids is 1. The summed E-state index contributed by atoms with van der Waals surface area (Å²) in [6.07, 6.45) is 2.48. The van der Waals surface area contributed by atoms with Gasteiger partial charge in [-0.2, -0.15) is 0 Å². The molecule has 3 aromatic rings. The molecule has 0 spiro atoms. The average Bonchev–Trinajstić information content (AvgIpc) is 3.08. The number of aromatic nitrogens is 1. The van der Waals surface area contributed by atoms with Crippen molar-refractivity contribution >= 4 is 17.5 Å². The van der Waals surface area contributed by atoms with Gasteiger partial charge >= 0.3 is 0 Å². The summed E-state index contributed by atoms with van der Waals surface area (Å²) in [4.78, 5) is 16.2. The fourth-order valence-electron chi connectivity index (χ4n) is 2.51. The molecule has 0 bridgehead atoms. The van der Waals surface area contributed by atoms with E-state index in [2.05, 4.69) is 16.4 Å². The highest BCUT2D eigenvalue weighted by Gasteiger charge is 2.09. The van der Waals surface area contributed by atoms with Gasteiger partial charge in [0.05, 0.1) is 6.20 Å². The van der Waals surface area contributed by atoms with Gasteiger partial charge in [-0.15, -0.1) is 0 Å². The van der Waals surface area contributed by atoms with Crippen LogP contribution in [0.4, 0.5) is 0 Å². The number of oxazole rings is 1. The third kappa shape index (κ3) is 4.94. The molecule has 0 unspecified atom stereocenters. The highest BCUT2D eigenvalue weighted by Crippen LogP contribution is 2.22. The van der Waals surface area contributed by atoms with Crippen molar-refractivity contribution in [3.05, 3.63) is 76.8 Å². The van der Waals surface area contributed by atoms with Crippen LogP contribution in [0.5, 0.6) is 0 Å². The van der Waals surface area contributed by atoms with Crippen molar-refractivity contribution in [1.29, 1.82) is 0 Å². The normalized spacial score (nSPS) is 10.6. The zero-order chi connectivity index (χ0) is 17.6. The largest absolute Gasteiger partial charge is 0.441 e. The van der Waals surface area contributed by atoms with E-state index in [0.717, 1.165) is 11.1 Å². The van der Waals surface area contributed by atoms with Crippen LogP contribution in [0.1, 0.15) is 23.4 Å². The van der Waals surface area contributed by atoms with Crippen molar-refractivity contribution < 1.29 is 9.21 Å². The fourth-order valence-corrected chi connectivity index (χ4v) is 2.63. The minimum Gasteiger partial charge on any atom is -0.441 e. The Morgan fingerprint density at radius 2 is 2.00 bits per heavy atom. The lowest BCUT2D eigenvalue weighted by Crippen LogP contribution is -2.23. The molecule has 3 rings (SSSR count). The highest BCUT2D eigenvalue weighted by molar-refractivity contribution is 6.30. The van der Waals surface area contributed by atoms with Gasteiger partial charge in [-0.1, -0.05) is 41.4 Å². The highest BCUT2D eigenvalue weighted by atomic mass is 35.5. The Balaban J connectivity index is 1.50. The first-order chi connectivity index (χ1) is 12.1. The van der Waals surface area contributed by atoms with E-state index in [1.807, 2.05) is 37.3 Å². The van der Waals surface area contributed by atoms with Crippen LogP contribution >= 0.6 is 11.6 Å². The van der Waals surface area contributed by atoms with E-state index in [1.165, 1.54) is 5.56 Å². The van der Waals surface area contributed by atoms with Gasteiger partial charge in [0, 0.05) is 30.0 Å². The van der Waals surface area contributed by atoms with Gasteiger partial charge in [0.25, 0.3) is 0 Å². The lowest BCUT2D eigenvalue weighted by atomic mass is 10.1. The van der Waals surface area contributed by atoms with Crippen LogP contribution in [0.3, 0.4) is 0 Å². The molecule has 0 fully saturated rings. The van der Waals surface area contributed by atoms with E-state index in [-0.39, 0.29) is 5.91 Å². The van der Waals surface area contributed by atoms with Crippen molar-refractivity contribution in [2.45, 2.75) is 26.3 Å². The van der Waals surface area contributed by atoms with Gasteiger partial charge in [-0.3, -0.25) is 4.79 Å². The second kappa shape index (κ2) is 7.99. The van der Waals surface area contributed by atoms with Crippen molar-refractivity contribution in [3.63, 3.8) is 0 Å². The summed E-state index contributed by atoms with van der Waals surface area (Å²) in [5.41, 5.74) is 3.18. The van der Waals surface area contributed by atoms with Crippen molar-refractivity contribution in [2.75, 3.05) is 0 Å². The molecule has 4 nitrogen and oxygen atoms in total. The number of nitrogens with one attached hydrogen (secondary N) is 1. The molecule has 0 saturated carbocycles. The molecule has 128 valence electrons. The van der Waals surface area contributed by atoms with E-state index in [4.69, 9.17) is 16.0 Å². The topological polar surface area (TPSA) is 55.1 Å². The zero-order valence-corrected chi connectivity index (χ0v) is 14.7. The molecular weight excluding hydrogens is 336 g/mol. The van der Waals surface area contributed by atoms with Crippen LogP contribution in [0.25, 0.3) is 11.3 Å². The first kappa shape index (κ1) is 17.2. The molecule has 0 aliphatic carbocycles. The van der Waals surface area contributed by atoms with E-state index in [0.29, 0.717) is 36.1 Å². The molecular formula is C20H19ClN2O2. The second-order valence-corrected chi connectivity index (χ2v) is 6.33. The van der Waals surface area contributed by atoms with Crippen molar-refractivity contribution in [1.82, 2.24) is 10.3 Å². The van der Waals surface area contributed by atoms with Crippen LogP contribution < -0.4 is 5.32 Å². The monoisotopic (exact) mass is 354 g/mol. The van der Waals surface area contributed by atoms with Gasteiger partial charge in [-0.25, -0.2) is 4.98 Å². The first-order valence-corrected chi connectivity index (χ1v) is 8.51. The number of carbonyl (C=O) groups is 1. The maximum Gasteiger partial charge on any atom is 0.220 e. The van der Waals surface area contributed by atoms with Crippen LogP contribution in [-0.4, -0.2) is 10.9 Å². The zero-order valence-electron chi connectivity index (χ0n) is 14.0. The Morgan fingerprint density at radius 3 is 2.76 bits per heavy atom. The Bertz CT molecular complexity index is 856. The third-order valence-electron chi connectivity index (χ3n) is 3.82. The minimum atomic E-state index is -0.0206. The number of aryl methyl sites for hydroxylation is 2. The van der Waals surface area contributed by atoms with Crippen LogP contribution in [0.15, 0.2) is 59.1 Å². The van der Waals surface area contributed by atoms with Crippen molar-refractivity contribution in [3.8, 4) is 11.3 Å². The summed E-state index contributed by atoms with van der Waals surface area (Å²) in [6.45, 7) is 2.56. The third-order valence-corrected chi connectivity index (χ3v) is 4.07. The molecule has 1 amide bonds. The molecule has 0 atom stereocenters. The van der Waals surface area contributed by atoms with Gasteiger partial charge in [0.15, 0.2) is 11.7 Å². The van der Waals surface area contributed by atoms with Crippen LogP contribution in [0.2, 0.25) is 5.02 Å². The molecule has 1 heterocycles. The van der Waals surface area contributed by atoms with Crippen LogP contribution in [-0.2, 0) is 17.8 Å². The average molecular weight is 355 g/mol. The van der Waals surface area contributed by atoms with Crippen LogP contribution in [0, 0.1) is 6.92 Å². The molecule has 0 aliphatic heterocycles. The lowest BCUT2D eigenvalue weighted by Gasteiger charge is -2.05.